The van der Waals surface area contributed by atoms with E-state index in [-0.39, 0.29) is 0 Å². The average Bonchev–Trinajstić information content (AvgIpc) is 2.21. The molecule has 1 heteroatoms. The van der Waals surface area contributed by atoms with Crippen molar-refractivity contribution in [1.82, 2.24) is 0 Å². The van der Waals surface area contributed by atoms with Crippen LogP contribution in [0, 0.1) is 0 Å². The third kappa shape index (κ3) is 8.55. The van der Waals surface area contributed by atoms with Crippen molar-refractivity contribution in [2.45, 2.75) is 77.7 Å². The molecule has 0 spiro atoms. The van der Waals surface area contributed by atoms with Crippen molar-refractivity contribution in [2.75, 3.05) is 7.11 Å². The minimum absolute atomic E-state index is 0.520. The van der Waals surface area contributed by atoms with Crippen LogP contribution in [0.1, 0.15) is 71.6 Å². The summed E-state index contributed by atoms with van der Waals surface area (Å²) in [5.74, 6) is 0. The van der Waals surface area contributed by atoms with E-state index in [1.807, 2.05) is 7.11 Å². The van der Waals surface area contributed by atoms with Crippen LogP contribution in [0.3, 0.4) is 0 Å². The van der Waals surface area contributed by atoms with Crippen molar-refractivity contribution in [1.29, 1.82) is 0 Å². The van der Waals surface area contributed by atoms with Gasteiger partial charge in [-0.15, -0.1) is 0 Å². The molecule has 0 amide bonds. The van der Waals surface area contributed by atoms with Crippen LogP contribution < -0.4 is 0 Å². The zero-order valence-corrected chi connectivity index (χ0v) is 10.3. The molecule has 0 saturated heterocycles. The minimum atomic E-state index is 0.520. The monoisotopic (exact) mass is 200 g/mol. The van der Waals surface area contributed by atoms with Gasteiger partial charge >= 0.3 is 0 Å². The van der Waals surface area contributed by atoms with Gasteiger partial charge in [-0.25, -0.2) is 0 Å². The second kappa shape index (κ2) is 11.0. The fourth-order valence-electron chi connectivity index (χ4n) is 1.85. The highest BCUT2D eigenvalue weighted by molar-refractivity contribution is 4.57. The zero-order chi connectivity index (χ0) is 10.6. The van der Waals surface area contributed by atoms with Gasteiger partial charge in [-0.05, 0) is 12.8 Å². The molecule has 0 rings (SSSR count). The van der Waals surface area contributed by atoms with Crippen molar-refractivity contribution in [2.24, 2.45) is 0 Å². The summed E-state index contributed by atoms with van der Waals surface area (Å²) in [4.78, 5) is 0. The van der Waals surface area contributed by atoms with Crippen molar-refractivity contribution < 1.29 is 4.74 Å². The maximum Gasteiger partial charge on any atom is 0.0571 e. The van der Waals surface area contributed by atoms with E-state index in [0.717, 1.165) is 0 Å². The molecule has 86 valence electrons. The molecule has 0 radical (unpaired) electrons. The lowest BCUT2D eigenvalue weighted by Crippen LogP contribution is -2.09. The fourth-order valence-corrected chi connectivity index (χ4v) is 1.85. The van der Waals surface area contributed by atoms with Crippen molar-refractivity contribution in [3.05, 3.63) is 0 Å². The summed E-state index contributed by atoms with van der Waals surface area (Å²) in [6, 6.07) is 0. The van der Waals surface area contributed by atoms with E-state index in [0.29, 0.717) is 6.10 Å². The number of ether oxygens (including phenoxy) is 1. The number of methoxy groups -OCH3 is 1. The standard InChI is InChI=1S/C13H28O/c1-4-6-7-8-9-10-12-13(14-3)11-5-2/h13H,4-12H2,1-3H3. The predicted molar refractivity (Wildman–Crippen MR) is 63.7 cm³/mol. The van der Waals surface area contributed by atoms with Gasteiger partial charge in [-0.3, -0.25) is 0 Å². The lowest BCUT2D eigenvalue weighted by molar-refractivity contribution is 0.0849. The molecule has 0 heterocycles. The van der Waals surface area contributed by atoms with Crippen LogP contribution >= 0.6 is 0 Å². The highest BCUT2D eigenvalue weighted by Crippen LogP contribution is 2.12. The van der Waals surface area contributed by atoms with E-state index in [2.05, 4.69) is 13.8 Å². The first kappa shape index (κ1) is 14.0. The molecular formula is C13H28O. The van der Waals surface area contributed by atoms with Crippen LogP contribution in [0.2, 0.25) is 0 Å². The summed E-state index contributed by atoms with van der Waals surface area (Å²) >= 11 is 0. The normalized spacial score (nSPS) is 13.1. The number of unbranched alkanes of at least 4 members (excludes halogenated alkanes) is 5. The van der Waals surface area contributed by atoms with Crippen LogP contribution in [0.15, 0.2) is 0 Å². The molecule has 1 unspecified atom stereocenters. The third-order valence-corrected chi connectivity index (χ3v) is 2.82. The second-order valence-electron chi connectivity index (χ2n) is 4.20. The summed E-state index contributed by atoms with van der Waals surface area (Å²) < 4.78 is 5.42. The van der Waals surface area contributed by atoms with Crippen molar-refractivity contribution in [3.8, 4) is 0 Å². The highest BCUT2D eigenvalue weighted by Gasteiger charge is 2.04. The van der Waals surface area contributed by atoms with Gasteiger partial charge in [0.1, 0.15) is 0 Å². The molecule has 1 atom stereocenters. The minimum Gasteiger partial charge on any atom is -0.381 e. The first-order valence-corrected chi connectivity index (χ1v) is 6.37. The Balaban J connectivity index is 3.15. The van der Waals surface area contributed by atoms with Crippen LogP contribution in [0.25, 0.3) is 0 Å². The van der Waals surface area contributed by atoms with E-state index in [9.17, 15) is 0 Å². The molecule has 0 bridgehead atoms. The van der Waals surface area contributed by atoms with Gasteiger partial charge in [0.25, 0.3) is 0 Å². The number of hydrogen-bond donors (Lipinski definition) is 0. The highest BCUT2D eigenvalue weighted by atomic mass is 16.5. The van der Waals surface area contributed by atoms with Gasteiger partial charge in [0.2, 0.25) is 0 Å². The van der Waals surface area contributed by atoms with Gasteiger partial charge in [0.15, 0.2) is 0 Å². The Morgan fingerprint density at radius 3 is 2.00 bits per heavy atom. The maximum absolute atomic E-state index is 5.42. The van der Waals surface area contributed by atoms with Crippen molar-refractivity contribution in [3.63, 3.8) is 0 Å². The zero-order valence-electron chi connectivity index (χ0n) is 10.3. The van der Waals surface area contributed by atoms with Gasteiger partial charge in [-0.2, -0.15) is 0 Å². The van der Waals surface area contributed by atoms with Crippen LogP contribution in [0.4, 0.5) is 0 Å². The lowest BCUT2D eigenvalue weighted by atomic mass is 10.0. The lowest BCUT2D eigenvalue weighted by Gasteiger charge is -2.13. The molecule has 0 aliphatic rings. The van der Waals surface area contributed by atoms with Crippen molar-refractivity contribution >= 4 is 0 Å². The van der Waals surface area contributed by atoms with E-state index >= 15 is 0 Å². The summed E-state index contributed by atoms with van der Waals surface area (Å²) in [5, 5.41) is 0. The topological polar surface area (TPSA) is 9.23 Å². The van der Waals surface area contributed by atoms with Crippen LogP contribution in [-0.4, -0.2) is 13.2 Å². The molecule has 0 fully saturated rings. The molecule has 0 aromatic carbocycles. The Kier molecular flexibility index (Phi) is 11.0. The average molecular weight is 200 g/mol. The molecule has 0 aromatic rings. The Labute approximate surface area is 90.2 Å². The largest absolute Gasteiger partial charge is 0.381 e. The van der Waals surface area contributed by atoms with Gasteiger partial charge in [-0.1, -0.05) is 58.8 Å². The Morgan fingerprint density at radius 1 is 0.786 bits per heavy atom. The summed E-state index contributed by atoms with van der Waals surface area (Å²) in [6.45, 7) is 4.50. The fraction of sp³-hybridized carbons (Fsp3) is 1.00. The van der Waals surface area contributed by atoms with Gasteiger partial charge in [0.05, 0.1) is 6.10 Å². The summed E-state index contributed by atoms with van der Waals surface area (Å²) in [5.41, 5.74) is 0. The second-order valence-corrected chi connectivity index (χ2v) is 4.20. The first-order valence-electron chi connectivity index (χ1n) is 6.37. The smallest absolute Gasteiger partial charge is 0.0571 e. The van der Waals surface area contributed by atoms with Crippen LogP contribution in [0.5, 0.6) is 0 Å². The molecule has 0 aromatic heterocycles. The Bertz CT molecular complexity index is 101. The summed E-state index contributed by atoms with van der Waals surface area (Å²) in [7, 11) is 1.84. The van der Waals surface area contributed by atoms with Crippen LogP contribution in [-0.2, 0) is 4.74 Å². The van der Waals surface area contributed by atoms with E-state index in [1.165, 1.54) is 57.8 Å². The molecule has 0 saturated carbocycles. The van der Waals surface area contributed by atoms with Gasteiger partial charge < -0.3 is 4.74 Å². The first-order chi connectivity index (χ1) is 6.85. The third-order valence-electron chi connectivity index (χ3n) is 2.82. The molecule has 14 heavy (non-hydrogen) atoms. The van der Waals surface area contributed by atoms with E-state index < -0.39 is 0 Å². The molecular weight excluding hydrogens is 172 g/mol. The quantitative estimate of drug-likeness (QED) is 0.470. The SMILES string of the molecule is CCCCCCCCC(CCC)OC. The summed E-state index contributed by atoms with van der Waals surface area (Å²) in [6.07, 6.45) is 12.6. The van der Waals surface area contributed by atoms with E-state index in [1.54, 1.807) is 0 Å². The van der Waals surface area contributed by atoms with E-state index in [4.69, 9.17) is 4.74 Å². The Morgan fingerprint density at radius 2 is 1.43 bits per heavy atom. The molecule has 0 aliphatic carbocycles. The predicted octanol–water partition coefficient (Wildman–Crippen LogP) is 4.55. The Hall–Kier alpha value is -0.0400. The molecule has 1 nitrogen and oxygen atoms in total. The molecule has 0 N–H and O–H groups in total. The van der Waals surface area contributed by atoms with Gasteiger partial charge in [0, 0.05) is 7.11 Å². The maximum atomic E-state index is 5.42. The number of rotatable bonds is 10. The molecule has 0 aliphatic heterocycles. The number of hydrogen-bond acceptors (Lipinski definition) is 1.